The number of allylic oxidation sites excluding steroid dienone is 1. The van der Waals surface area contributed by atoms with Gasteiger partial charge in [0.05, 0.1) is 23.7 Å². The zero-order valence-corrected chi connectivity index (χ0v) is 19.7. The third-order valence-corrected chi connectivity index (χ3v) is 6.14. The summed E-state index contributed by atoms with van der Waals surface area (Å²) >= 11 is 0. The number of fused-ring (bicyclic) bond motifs is 1. The lowest BCUT2D eigenvalue weighted by Crippen LogP contribution is -2.35. The molecule has 0 spiro atoms. The standard InChI is InChI=1S/C29H29FN2O2/c1-29(2,28(31)33)19-32-25-18-22(34-3)15-16-23(25)26(27(32)21-12-8-5-9-13-21)24(30)17-14-20-10-6-4-7-11-20/h4-13,15-18H,14,19H2,1-3H3,(H2,31,33)/b24-17-. The van der Waals surface area contributed by atoms with Crippen LogP contribution in [0.5, 0.6) is 5.75 Å². The number of amides is 1. The number of ether oxygens (including phenoxy) is 1. The molecule has 0 aliphatic rings. The van der Waals surface area contributed by atoms with Gasteiger partial charge in [-0.25, -0.2) is 4.39 Å². The molecule has 0 bridgehead atoms. The SMILES string of the molecule is COc1ccc2c(/C(F)=C/Cc3ccccc3)c(-c3ccccc3)n(CC(C)(C)C(N)=O)c2c1. The first kappa shape index (κ1) is 23.3. The minimum atomic E-state index is -0.847. The Kier molecular flexibility index (Phi) is 6.55. The van der Waals surface area contributed by atoms with Gasteiger partial charge in [0.15, 0.2) is 0 Å². The number of nitrogens with two attached hydrogens (primary N) is 1. The van der Waals surface area contributed by atoms with Gasteiger partial charge in [0.25, 0.3) is 0 Å². The summed E-state index contributed by atoms with van der Waals surface area (Å²) < 4.78 is 23.5. The number of carbonyl (C=O) groups excluding carboxylic acids is 1. The first-order chi connectivity index (χ1) is 16.3. The van der Waals surface area contributed by atoms with Crippen molar-refractivity contribution in [3.8, 4) is 17.0 Å². The molecule has 0 saturated heterocycles. The van der Waals surface area contributed by atoms with E-state index in [2.05, 4.69) is 0 Å². The van der Waals surface area contributed by atoms with Crippen LogP contribution in [0.25, 0.3) is 28.0 Å². The summed E-state index contributed by atoms with van der Waals surface area (Å²) in [4.78, 5) is 12.2. The molecule has 5 heteroatoms. The van der Waals surface area contributed by atoms with Gasteiger partial charge < -0.3 is 15.0 Å². The summed E-state index contributed by atoms with van der Waals surface area (Å²) in [7, 11) is 1.60. The van der Waals surface area contributed by atoms with Gasteiger partial charge in [-0.2, -0.15) is 0 Å². The highest BCUT2D eigenvalue weighted by Crippen LogP contribution is 2.41. The Bertz CT molecular complexity index is 1340. The molecule has 0 aliphatic heterocycles. The van der Waals surface area contributed by atoms with Crippen LogP contribution in [0.3, 0.4) is 0 Å². The second kappa shape index (κ2) is 9.56. The highest BCUT2D eigenvalue weighted by atomic mass is 19.1. The number of hydrogen-bond acceptors (Lipinski definition) is 2. The van der Waals surface area contributed by atoms with Gasteiger partial charge in [0, 0.05) is 23.6 Å². The fourth-order valence-electron chi connectivity index (χ4n) is 4.16. The van der Waals surface area contributed by atoms with Crippen molar-refractivity contribution >= 4 is 22.6 Å². The van der Waals surface area contributed by atoms with E-state index < -0.39 is 11.3 Å². The van der Waals surface area contributed by atoms with Gasteiger partial charge in [-0.15, -0.1) is 0 Å². The van der Waals surface area contributed by atoms with Gasteiger partial charge >= 0.3 is 0 Å². The summed E-state index contributed by atoms with van der Waals surface area (Å²) in [6.07, 6.45) is 2.08. The van der Waals surface area contributed by atoms with Crippen molar-refractivity contribution < 1.29 is 13.9 Å². The number of hydrogen-bond donors (Lipinski definition) is 1. The lowest BCUT2D eigenvalue weighted by molar-refractivity contribution is -0.126. The van der Waals surface area contributed by atoms with Crippen molar-refractivity contribution in [2.45, 2.75) is 26.8 Å². The molecular formula is C29H29FN2O2. The van der Waals surface area contributed by atoms with Crippen LogP contribution in [0.2, 0.25) is 0 Å². The van der Waals surface area contributed by atoms with E-state index in [4.69, 9.17) is 10.5 Å². The second-order valence-electron chi connectivity index (χ2n) is 9.05. The van der Waals surface area contributed by atoms with Gasteiger partial charge in [0.1, 0.15) is 11.6 Å². The number of carbonyl (C=O) groups is 1. The third-order valence-electron chi connectivity index (χ3n) is 6.14. The van der Waals surface area contributed by atoms with Crippen LogP contribution in [-0.4, -0.2) is 17.6 Å². The highest BCUT2D eigenvalue weighted by Gasteiger charge is 2.30. The maximum atomic E-state index is 16.0. The topological polar surface area (TPSA) is 57.2 Å². The minimum absolute atomic E-state index is 0.294. The molecule has 0 unspecified atom stereocenters. The fraction of sp³-hybridized carbons (Fsp3) is 0.207. The average Bonchev–Trinajstić information content (AvgIpc) is 3.16. The van der Waals surface area contributed by atoms with E-state index in [1.54, 1.807) is 27.0 Å². The molecular weight excluding hydrogens is 427 g/mol. The molecule has 0 radical (unpaired) electrons. The highest BCUT2D eigenvalue weighted by molar-refractivity contribution is 6.00. The quantitative estimate of drug-likeness (QED) is 0.334. The molecule has 2 N–H and O–H groups in total. The van der Waals surface area contributed by atoms with Crippen LogP contribution in [0.4, 0.5) is 4.39 Å². The van der Waals surface area contributed by atoms with Crippen LogP contribution < -0.4 is 10.5 Å². The fourth-order valence-corrected chi connectivity index (χ4v) is 4.16. The van der Waals surface area contributed by atoms with Crippen molar-refractivity contribution in [2.24, 2.45) is 11.1 Å². The number of rotatable bonds is 8. The number of aromatic nitrogens is 1. The molecule has 174 valence electrons. The molecule has 4 nitrogen and oxygen atoms in total. The Morgan fingerprint density at radius 1 is 1.03 bits per heavy atom. The van der Waals surface area contributed by atoms with E-state index in [0.717, 1.165) is 22.0 Å². The Balaban J connectivity index is 1.99. The van der Waals surface area contributed by atoms with Crippen molar-refractivity contribution in [1.82, 2.24) is 4.57 Å². The smallest absolute Gasteiger partial charge is 0.224 e. The Labute approximate surface area is 199 Å². The van der Waals surface area contributed by atoms with Crippen molar-refractivity contribution in [1.29, 1.82) is 0 Å². The maximum Gasteiger partial charge on any atom is 0.224 e. The molecule has 34 heavy (non-hydrogen) atoms. The summed E-state index contributed by atoms with van der Waals surface area (Å²) in [6.45, 7) is 3.90. The summed E-state index contributed by atoms with van der Waals surface area (Å²) in [5.41, 5.74) is 8.75. The van der Waals surface area contributed by atoms with Crippen LogP contribution in [0.15, 0.2) is 84.9 Å². The van der Waals surface area contributed by atoms with Gasteiger partial charge in [-0.3, -0.25) is 4.79 Å². The summed E-state index contributed by atoms with van der Waals surface area (Å²) in [5.74, 6) is -0.0747. The lowest BCUT2D eigenvalue weighted by atomic mass is 9.92. The predicted molar refractivity (Wildman–Crippen MR) is 136 cm³/mol. The van der Waals surface area contributed by atoms with Crippen LogP contribution in [0, 0.1) is 5.41 Å². The number of halogens is 1. The van der Waals surface area contributed by atoms with E-state index in [-0.39, 0.29) is 5.83 Å². The van der Waals surface area contributed by atoms with E-state index in [0.29, 0.717) is 30.0 Å². The molecule has 4 aromatic rings. The van der Waals surface area contributed by atoms with E-state index in [1.165, 1.54) is 0 Å². The Morgan fingerprint density at radius 2 is 1.68 bits per heavy atom. The zero-order chi connectivity index (χ0) is 24.3. The van der Waals surface area contributed by atoms with Gasteiger partial charge in [0.2, 0.25) is 5.91 Å². The summed E-state index contributed by atoms with van der Waals surface area (Å²) in [5, 5.41) is 0.752. The van der Waals surface area contributed by atoms with Crippen molar-refractivity contribution in [2.75, 3.05) is 7.11 Å². The Hall–Kier alpha value is -3.86. The number of nitrogens with zero attached hydrogens (tertiary/aromatic N) is 1. The normalized spacial score (nSPS) is 12.2. The van der Waals surface area contributed by atoms with E-state index in [9.17, 15) is 4.79 Å². The zero-order valence-electron chi connectivity index (χ0n) is 19.7. The number of benzene rings is 3. The first-order valence-electron chi connectivity index (χ1n) is 11.3. The number of methoxy groups -OCH3 is 1. The van der Waals surface area contributed by atoms with Crippen LogP contribution >= 0.6 is 0 Å². The summed E-state index contributed by atoms with van der Waals surface area (Å²) in [6, 6.07) is 25.0. The van der Waals surface area contributed by atoms with E-state index in [1.807, 2.05) is 83.4 Å². The second-order valence-corrected chi connectivity index (χ2v) is 9.05. The molecule has 1 amide bonds. The van der Waals surface area contributed by atoms with Crippen molar-refractivity contribution in [3.63, 3.8) is 0 Å². The molecule has 0 atom stereocenters. The third kappa shape index (κ3) is 4.60. The molecule has 1 heterocycles. The van der Waals surface area contributed by atoms with Crippen LogP contribution in [-0.2, 0) is 17.8 Å². The Morgan fingerprint density at radius 3 is 2.29 bits per heavy atom. The van der Waals surface area contributed by atoms with E-state index >= 15 is 4.39 Å². The molecule has 3 aromatic carbocycles. The molecule has 0 fully saturated rings. The predicted octanol–water partition coefficient (Wildman–Crippen LogP) is 6.38. The van der Waals surface area contributed by atoms with Gasteiger partial charge in [-0.05, 0) is 49.6 Å². The number of primary amides is 1. The maximum absolute atomic E-state index is 16.0. The van der Waals surface area contributed by atoms with Crippen LogP contribution in [0.1, 0.15) is 25.0 Å². The largest absolute Gasteiger partial charge is 0.497 e. The molecule has 1 aromatic heterocycles. The molecule has 0 aliphatic carbocycles. The first-order valence-corrected chi connectivity index (χ1v) is 11.3. The molecule has 4 rings (SSSR count). The average molecular weight is 457 g/mol. The molecule has 0 saturated carbocycles. The lowest BCUT2D eigenvalue weighted by Gasteiger charge is -2.24. The monoisotopic (exact) mass is 456 g/mol. The van der Waals surface area contributed by atoms with Crippen molar-refractivity contribution in [3.05, 3.63) is 96.1 Å². The minimum Gasteiger partial charge on any atom is -0.497 e. The van der Waals surface area contributed by atoms with Gasteiger partial charge in [-0.1, -0.05) is 60.7 Å².